The molecule has 0 spiro atoms. The Morgan fingerprint density at radius 2 is 1.76 bits per heavy atom. The van der Waals surface area contributed by atoms with Crippen LogP contribution in [0.4, 0.5) is 0 Å². The number of halogens is 2. The average Bonchev–Trinajstić information content (AvgIpc) is 2.88. The van der Waals surface area contributed by atoms with Gasteiger partial charge < -0.3 is 14.8 Å². The molecule has 3 rings (SSSR count). The Bertz CT molecular complexity index is 1250. The Morgan fingerprint density at radius 1 is 1.05 bits per heavy atom. The molecule has 0 radical (unpaired) electrons. The zero-order chi connectivity index (χ0) is 27.5. The van der Waals surface area contributed by atoms with Crippen molar-refractivity contribution in [3.63, 3.8) is 0 Å². The summed E-state index contributed by atoms with van der Waals surface area (Å²) in [6.07, 6.45) is 1.97. The molecule has 2 amide bonds. The third-order valence-electron chi connectivity index (χ3n) is 5.38. The lowest BCUT2D eigenvalue weighted by Gasteiger charge is -2.19. The van der Waals surface area contributed by atoms with E-state index in [4.69, 9.17) is 21.1 Å². The van der Waals surface area contributed by atoms with Crippen LogP contribution < -0.4 is 20.2 Å². The van der Waals surface area contributed by atoms with Gasteiger partial charge in [-0.15, -0.1) is 0 Å². The van der Waals surface area contributed by atoms with Crippen LogP contribution in [-0.2, 0) is 11.4 Å². The van der Waals surface area contributed by atoms with Gasteiger partial charge in [-0.05, 0) is 82.7 Å². The normalized spacial score (nSPS) is 11.8. The van der Waals surface area contributed by atoms with Crippen LogP contribution in [0, 0.1) is 5.92 Å². The van der Waals surface area contributed by atoms with Crippen LogP contribution in [0.15, 0.2) is 76.3 Å². The Morgan fingerprint density at radius 3 is 2.42 bits per heavy atom. The van der Waals surface area contributed by atoms with Crippen molar-refractivity contribution in [3.05, 3.63) is 92.9 Å². The predicted octanol–water partition coefficient (Wildman–Crippen LogP) is 6.38. The van der Waals surface area contributed by atoms with Gasteiger partial charge in [0.05, 0.1) is 17.3 Å². The molecule has 1 unspecified atom stereocenters. The van der Waals surface area contributed by atoms with Crippen molar-refractivity contribution in [3.8, 4) is 11.5 Å². The molecule has 3 aromatic rings. The zero-order valence-electron chi connectivity index (χ0n) is 21.5. The van der Waals surface area contributed by atoms with Gasteiger partial charge in [-0.2, -0.15) is 5.10 Å². The molecule has 0 aliphatic carbocycles. The first-order valence-corrected chi connectivity index (χ1v) is 13.5. The van der Waals surface area contributed by atoms with Gasteiger partial charge in [-0.25, -0.2) is 5.43 Å². The maximum Gasteiger partial charge on any atom is 0.262 e. The predicted molar refractivity (Wildman–Crippen MR) is 154 cm³/mol. The minimum absolute atomic E-state index is 0.174. The molecule has 1 atom stereocenters. The van der Waals surface area contributed by atoms with E-state index >= 15 is 0 Å². The molecule has 0 heterocycles. The maximum atomic E-state index is 12.9. The zero-order valence-corrected chi connectivity index (χ0v) is 23.9. The summed E-state index contributed by atoms with van der Waals surface area (Å²) in [7, 11) is 0. The van der Waals surface area contributed by atoms with E-state index in [0.29, 0.717) is 51.8 Å². The molecule has 7 nitrogen and oxygen atoms in total. The third-order valence-corrected chi connectivity index (χ3v) is 6.22. The fourth-order valence-corrected chi connectivity index (χ4v) is 4.29. The highest BCUT2D eigenvalue weighted by Gasteiger charge is 2.22. The number of hydrazone groups is 1. The summed E-state index contributed by atoms with van der Waals surface area (Å²) in [5.41, 5.74) is 4.69. The molecule has 0 aliphatic rings. The molecule has 2 N–H and O–H groups in total. The summed E-state index contributed by atoms with van der Waals surface area (Å²) in [5.74, 6) is 0.540. The molecule has 0 saturated heterocycles. The van der Waals surface area contributed by atoms with Gasteiger partial charge in [-0.3, -0.25) is 9.59 Å². The van der Waals surface area contributed by atoms with Crippen molar-refractivity contribution in [2.75, 3.05) is 6.61 Å². The van der Waals surface area contributed by atoms with Gasteiger partial charge >= 0.3 is 0 Å². The summed E-state index contributed by atoms with van der Waals surface area (Å²) in [6.45, 7) is 6.69. The maximum absolute atomic E-state index is 12.9. The van der Waals surface area contributed by atoms with Gasteiger partial charge in [0, 0.05) is 10.6 Å². The minimum Gasteiger partial charge on any atom is -0.490 e. The third kappa shape index (κ3) is 8.89. The minimum atomic E-state index is -0.755. The Hall–Kier alpha value is -3.36. The van der Waals surface area contributed by atoms with Crippen LogP contribution in [0.1, 0.15) is 48.7 Å². The highest BCUT2D eigenvalue weighted by atomic mass is 79.9. The number of amides is 2. The number of hydrogen-bond donors (Lipinski definition) is 2. The van der Waals surface area contributed by atoms with Crippen LogP contribution in [0.3, 0.4) is 0 Å². The fraction of sp³-hybridized carbons (Fsp3) is 0.276. The first kappa shape index (κ1) is 29.2. The lowest BCUT2D eigenvalue weighted by Crippen LogP contribution is -2.46. The highest BCUT2D eigenvalue weighted by molar-refractivity contribution is 9.10. The highest BCUT2D eigenvalue weighted by Crippen LogP contribution is 2.37. The summed E-state index contributed by atoms with van der Waals surface area (Å²) >= 11 is 9.46. The molecule has 0 aliphatic heterocycles. The summed E-state index contributed by atoms with van der Waals surface area (Å²) in [6, 6.07) is 19.2. The number of carbonyl (C=O) groups is 2. The van der Waals surface area contributed by atoms with E-state index in [1.165, 1.54) is 6.21 Å². The quantitative estimate of drug-likeness (QED) is 0.187. The summed E-state index contributed by atoms with van der Waals surface area (Å²) < 4.78 is 12.5. The van der Waals surface area contributed by atoms with Crippen molar-refractivity contribution < 1.29 is 19.1 Å². The lowest BCUT2D eigenvalue weighted by molar-refractivity contribution is -0.123. The van der Waals surface area contributed by atoms with E-state index < -0.39 is 11.9 Å². The molecule has 0 fully saturated rings. The molecule has 0 aromatic heterocycles. The number of nitrogens with zero attached hydrogens (tertiary/aromatic N) is 1. The van der Waals surface area contributed by atoms with Crippen LogP contribution in [0.5, 0.6) is 11.5 Å². The molecular formula is C29H31BrClN3O4. The Labute approximate surface area is 236 Å². The second-order valence-corrected chi connectivity index (χ2v) is 10.2. The topological polar surface area (TPSA) is 89.0 Å². The van der Waals surface area contributed by atoms with Gasteiger partial charge in [-0.1, -0.05) is 55.8 Å². The van der Waals surface area contributed by atoms with Gasteiger partial charge in [0.1, 0.15) is 12.6 Å². The molecule has 3 aromatic carbocycles. The van der Waals surface area contributed by atoms with Crippen LogP contribution >= 0.6 is 27.5 Å². The van der Waals surface area contributed by atoms with E-state index in [9.17, 15) is 9.59 Å². The standard InChI is InChI=1S/C29H31BrClN3O4/c1-4-37-26-16-21(15-24(30)27(26)38-18-20-8-6-5-7-9-20)17-32-34-29(36)25(14-19(2)3)33-28(35)22-10-12-23(31)13-11-22/h5-13,15-17,19,25H,4,14,18H2,1-3H3,(H,33,35)(H,34,36)/b32-17+. The molecule has 38 heavy (non-hydrogen) atoms. The van der Waals surface area contributed by atoms with Crippen LogP contribution in [0.2, 0.25) is 5.02 Å². The van der Waals surface area contributed by atoms with E-state index in [0.717, 1.165) is 5.56 Å². The Balaban J connectivity index is 1.68. The van der Waals surface area contributed by atoms with E-state index in [1.807, 2.05) is 57.2 Å². The van der Waals surface area contributed by atoms with Gasteiger partial charge in [0.15, 0.2) is 11.5 Å². The number of carbonyl (C=O) groups excluding carboxylic acids is 2. The van der Waals surface area contributed by atoms with Crippen molar-refractivity contribution in [2.45, 2.75) is 39.8 Å². The molecule has 200 valence electrons. The van der Waals surface area contributed by atoms with E-state index in [-0.39, 0.29) is 11.8 Å². The molecule has 0 bridgehead atoms. The van der Waals surface area contributed by atoms with E-state index in [2.05, 4.69) is 31.8 Å². The number of benzene rings is 3. The largest absolute Gasteiger partial charge is 0.490 e. The van der Waals surface area contributed by atoms with Gasteiger partial charge in [0.2, 0.25) is 0 Å². The van der Waals surface area contributed by atoms with Crippen molar-refractivity contribution in [1.82, 2.24) is 10.7 Å². The molecular weight excluding hydrogens is 570 g/mol. The van der Waals surface area contributed by atoms with Gasteiger partial charge in [0.25, 0.3) is 11.8 Å². The molecule has 9 heteroatoms. The van der Waals surface area contributed by atoms with Crippen LogP contribution in [-0.4, -0.2) is 30.7 Å². The smallest absolute Gasteiger partial charge is 0.262 e. The first-order valence-electron chi connectivity index (χ1n) is 12.3. The van der Waals surface area contributed by atoms with Crippen molar-refractivity contribution >= 4 is 45.6 Å². The molecule has 0 saturated carbocycles. The van der Waals surface area contributed by atoms with Crippen LogP contribution in [0.25, 0.3) is 0 Å². The first-order chi connectivity index (χ1) is 18.3. The fourth-order valence-electron chi connectivity index (χ4n) is 3.59. The summed E-state index contributed by atoms with van der Waals surface area (Å²) in [5, 5.41) is 7.44. The van der Waals surface area contributed by atoms with Crippen molar-refractivity contribution in [1.29, 1.82) is 0 Å². The Kier molecular flexibility index (Phi) is 11.2. The average molecular weight is 601 g/mol. The lowest BCUT2D eigenvalue weighted by atomic mass is 10.0. The second kappa shape index (κ2) is 14.5. The number of rotatable bonds is 12. The SMILES string of the molecule is CCOc1cc(/C=N/NC(=O)C(CC(C)C)NC(=O)c2ccc(Cl)cc2)cc(Br)c1OCc1ccccc1. The number of hydrogen-bond acceptors (Lipinski definition) is 5. The second-order valence-electron chi connectivity index (χ2n) is 8.93. The van der Waals surface area contributed by atoms with E-state index in [1.54, 1.807) is 30.3 Å². The number of ether oxygens (including phenoxy) is 2. The monoisotopic (exact) mass is 599 g/mol. The van der Waals surface area contributed by atoms with Crippen molar-refractivity contribution in [2.24, 2.45) is 11.0 Å². The summed E-state index contributed by atoms with van der Waals surface area (Å²) in [4.78, 5) is 25.5. The number of nitrogens with one attached hydrogen (secondary N) is 2.